The fourth-order valence-corrected chi connectivity index (χ4v) is 4.22. The molecular formula is C23H24FN3O3. The molecule has 156 valence electrons. The van der Waals surface area contributed by atoms with E-state index in [-0.39, 0.29) is 35.1 Å². The fraction of sp³-hybridized carbons (Fsp3) is 0.348. The number of carbonyl (C=O) groups excluding carboxylic acids is 3. The molecule has 3 amide bonds. The van der Waals surface area contributed by atoms with Crippen LogP contribution < -0.4 is 0 Å². The summed E-state index contributed by atoms with van der Waals surface area (Å²) in [5.74, 6) is -1.14. The van der Waals surface area contributed by atoms with Crippen molar-refractivity contribution in [2.24, 2.45) is 0 Å². The predicted octanol–water partition coefficient (Wildman–Crippen LogP) is 2.79. The quantitative estimate of drug-likeness (QED) is 0.729. The second-order valence-corrected chi connectivity index (χ2v) is 7.97. The summed E-state index contributed by atoms with van der Waals surface area (Å²) in [6.45, 7) is 2.02. The molecule has 0 aromatic heterocycles. The Labute approximate surface area is 174 Å². The van der Waals surface area contributed by atoms with Crippen LogP contribution >= 0.6 is 0 Å². The normalized spacial score (nSPS) is 19.2. The molecular weight excluding hydrogens is 385 g/mol. The van der Waals surface area contributed by atoms with E-state index in [4.69, 9.17) is 0 Å². The molecule has 6 nitrogen and oxygen atoms in total. The number of likely N-dealkylation sites (tertiary alicyclic amines) is 1. The minimum absolute atomic E-state index is 0.00807. The molecule has 2 aromatic carbocycles. The first kappa shape index (κ1) is 20.2. The molecule has 7 heteroatoms. The zero-order valence-corrected chi connectivity index (χ0v) is 17.1. The zero-order valence-electron chi connectivity index (χ0n) is 17.1. The Hall–Kier alpha value is -3.06. The maximum absolute atomic E-state index is 14.0. The number of likely N-dealkylation sites (N-methyl/N-ethyl adjacent to an activating group) is 1. The Morgan fingerprint density at radius 1 is 1.13 bits per heavy atom. The van der Waals surface area contributed by atoms with Crippen LogP contribution in [0.2, 0.25) is 0 Å². The molecule has 0 spiro atoms. The highest BCUT2D eigenvalue weighted by molar-refractivity contribution is 6.21. The number of imide groups is 1. The van der Waals surface area contributed by atoms with E-state index >= 15 is 0 Å². The van der Waals surface area contributed by atoms with E-state index in [1.54, 1.807) is 36.2 Å². The van der Waals surface area contributed by atoms with Gasteiger partial charge >= 0.3 is 0 Å². The molecule has 2 aliphatic rings. The van der Waals surface area contributed by atoms with Gasteiger partial charge in [-0.05, 0) is 43.7 Å². The van der Waals surface area contributed by atoms with Gasteiger partial charge in [-0.15, -0.1) is 0 Å². The average Bonchev–Trinajstić information content (AvgIpc) is 2.98. The first-order valence-corrected chi connectivity index (χ1v) is 10.1. The summed E-state index contributed by atoms with van der Waals surface area (Å²) in [5.41, 5.74) is 1.64. The van der Waals surface area contributed by atoms with E-state index in [0.29, 0.717) is 29.8 Å². The highest BCUT2D eigenvalue weighted by atomic mass is 19.1. The van der Waals surface area contributed by atoms with Crippen molar-refractivity contribution in [2.45, 2.75) is 25.4 Å². The smallest absolute Gasteiger partial charge is 0.261 e. The van der Waals surface area contributed by atoms with Crippen molar-refractivity contribution in [3.05, 3.63) is 70.5 Å². The standard InChI is InChI=1S/C23H24FN3O3/c1-25(17-7-5-11-27(14-17)13-16-6-3-4-8-20(16)24)21(28)15-9-10-18-19(12-15)23(30)26(2)22(18)29/h3-4,6,8-10,12,17H,5,7,11,13-14H2,1-2H3/t17-/m0/s1. The van der Waals surface area contributed by atoms with Crippen molar-refractivity contribution in [3.63, 3.8) is 0 Å². The second-order valence-electron chi connectivity index (χ2n) is 7.97. The number of piperidine rings is 1. The first-order valence-electron chi connectivity index (χ1n) is 10.1. The van der Waals surface area contributed by atoms with Crippen LogP contribution in [0.1, 0.15) is 49.5 Å². The first-order chi connectivity index (χ1) is 14.4. The Bertz CT molecular complexity index is 1020. The Morgan fingerprint density at radius 3 is 2.63 bits per heavy atom. The molecule has 2 heterocycles. The van der Waals surface area contributed by atoms with Crippen LogP contribution in [0.3, 0.4) is 0 Å². The number of hydrogen-bond acceptors (Lipinski definition) is 4. The van der Waals surface area contributed by atoms with Crippen LogP contribution in [0.25, 0.3) is 0 Å². The number of benzene rings is 2. The van der Waals surface area contributed by atoms with Crippen LogP contribution in [-0.4, -0.2) is 65.6 Å². The molecule has 30 heavy (non-hydrogen) atoms. The highest BCUT2D eigenvalue weighted by Gasteiger charge is 2.34. The summed E-state index contributed by atoms with van der Waals surface area (Å²) >= 11 is 0. The second kappa shape index (κ2) is 7.99. The third-order valence-electron chi connectivity index (χ3n) is 6.04. The average molecular weight is 409 g/mol. The van der Waals surface area contributed by atoms with Gasteiger partial charge < -0.3 is 4.90 Å². The van der Waals surface area contributed by atoms with Crippen LogP contribution in [0.15, 0.2) is 42.5 Å². The lowest BCUT2D eigenvalue weighted by molar-refractivity contribution is 0.0607. The lowest BCUT2D eigenvalue weighted by atomic mass is 10.0. The van der Waals surface area contributed by atoms with E-state index in [1.165, 1.54) is 19.2 Å². The van der Waals surface area contributed by atoms with Gasteiger partial charge in [0, 0.05) is 44.4 Å². The van der Waals surface area contributed by atoms with Gasteiger partial charge in [-0.2, -0.15) is 0 Å². The fourth-order valence-electron chi connectivity index (χ4n) is 4.22. The molecule has 0 saturated carbocycles. The topological polar surface area (TPSA) is 60.9 Å². The molecule has 0 radical (unpaired) electrons. The number of hydrogen-bond donors (Lipinski definition) is 0. The summed E-state index contributed by atoms with van der Waals surface area (Å²) in [6.07, 6.45) is 1.78. The SMILES string of the molecule is CN1C(=O)c2ccc(C(=O)N(C)[C@H]3CCCN(Cc4ccccc4F)C3)cc2C1=O. The van der Waals surface area contributed by atoms with Crippen LogP contribution in [0.5, 0.6) is 0 Å². The van der Waals surface area contributed by atoms with Gasteiger partial charge in [0.2, 0.25) is 0 Å². The number of nitrogens with zero attached hydrogens (tertiary/aromatic N) is 3. The third-order valence-corrected chi connectivity index (χ3v) is 6.04. The number of amides is 3. The maximum Gasteiger partial charge on any atom is 0.261 e. The van der Waals surface area contributed by atoms with Gasteiger partial charge in [0.15, 0.2) is 0 Å². The van der Waals surface area contributed by atoms with E-state index in [9.17, 15) is 18.8 Å². The number of rotatable bonds is 4. The predicted molar refractivity (Wildman–Crippen MR) is 110 cm³/mol. The van der Waals surface area contributed by atoms with Crippen molar-refractivity contribution in [2.75, 3.05) is 27.2 Å². The minimum atomic E-state index is -0.388. The molecule has 2 aliphatic heterocycles. The summed E-state index contributed by atoms with van der Waals surface area (Å²) in [7, 11) is 3.19. The van der Waals surface area contributed by atoms with Crippen molar-refractivity contribution in [1.29, 1.82) is 0 Å². The van der Waals surface area contributed by atoms with Crippen LogP contribution in [0.4, 0.5) is 4.39 Å². The number of carbonyl (C=O) groups is 3. The van der Waals surface area contributed by atoms with Gasteiger partial charge in [-0.3, -0.25) is 24.2 Å². The summed E-state index contributed by atoms with van der Waals surface area (Å²) in [5, 5.41) is 0. The Morgan fingerprint density at radius 2 is 1.87 bits per heavy atom. The summed E-state index contributed by atoms with van der Waals surface area (Å²) in [6, 6.07) is 11.4. The molecule has 1 atom stereocenters. The summed E-state index contributed by atoms with van der Waals surface area (Å²) < 4.78 is 14.0. The minimum Gasteiger partial charge on any atom is -0.337 e. The largest absolute Gasteiger partial charge is 0.337 e. The number of fused-ring (bicyclic) bond motifs is 1. The van der Waals surface area contributed by atoms with E-state index in [2.05, 4.69) is 4.90 Å². The van der Waals surface area contributed by atoms with Crippen molar-refractivity contribution in [3.8, 4) is 0 Å². The van der Waals surface area contributed by atoms with E-state index in [1.807, 2.05) is 6.07 Å². The number of halogens is 1. The zero-order chi connectivity index (χ0) is 21.4. The van der Waals surface area contributed by atoms with Crippen LogP contribution in [0, 0.1) is 5.82 Å². The lowest BCUT2D eigenvalue weighted by Crippen LogP contribution is -2.48. The van der Waals surface area contributed by atoms with Gasteiger partial charge in [0.25, 0.3) is 17.7 Å². The molecule has 2 aromatic rings. The van der Waals surface area contributed by atoms with Gasteiger partial charge in [0.1, 0.15) is 5.82 Å². The monoisotopic (exact) mass is 409 g/mol. The molecule has 0 aliphatic carbocycles. The summed E-state index contributed by atoms with van der Waals surface area (Å²) in [4.78, 5) is 42.3. The maximum atomic E-state index is 14.0. The molecule has 4 rings (SSSR count). The molecule has 0 bridgehead atoms. The van der Waals surface area contributed by atoms with Crippen LogP contribution in [-0.2, 0) is 6.54 Å². The Kier molecular flexibility index (Phi) is 5.39. The lowest BCUT2D eigenvalue weighted by Gasteiger charge is -2.37. The van der Waals surface area contributed by atoms with Gasteiger partial charge in [0.05, 0.1) is 11.1 Å². The van der Waals surface area contributed by atoms with Gasteiger partial charge in [-0.1, -0.05) is 18.2 Å². The van der Waals surface area contributed by atoms with Crippen molar-refractivity contribution >= 4 is 17.7 Å². The van der Waals surface area contributed by atoms with Gasteiger partial charge in [-0.25, -0.2) is 4.39 Å². The molecule has 0 unspecified atom stereocenters. The molecule has 1 fully saturated rings. The molecule has 0 N–H and O–H groups in total. The Balaban J connectivity index is 1.47. The highest BCUT2D eigenvalue weighted by Crippen LogP contribution is 2.25. The van der Waals surface area contributed by atoms with Crippen molar-refractivity contribution < 1.29 is 18.8 Å². The van der Waals surface area contributed by atoms with E-state index in [0.717, 1.165) is 24.3 Å². The van der Waals surface area contributed by atoms with Crippen molar-refractivity contribution in [1.82, 2.24) is 14.7 Å². The van der Waals surface area contributed by atoms with E-state index < -0.39 is 0 Å². The third kappa shape index (κ3) is 3.61. The molecule has 1 saturated heterocycles.